The van der Waals surface area contributed by atoms with E-state index in [1.807, 2.05) is 63.2 Å². The second-order valence-electron chi connectivity index (χ2n) is 8.86. The van der Waals surface area contributed by atoms with Crippen LogP contribution < -0.4 is 0 Å². The lowest BCUT2D eigenvalue weighted by Crippen LogP contribution is -2.51. The van der Waals surface area contributed by atoms with Gasteiger partial charge in [-0.25, -0.2) is 4.79 Å². The maximum atomic E-state index is 12.5. The highest BCUT2D eigenvalue weighted by Crippen LogP contribution is 2.16. The molecule has 1 aliphatic heterocycles. The first-order valence-corrected chi connectivity index (χ1v) is 11.0. The SMILES string of the molecule is CC(C)(C)OC=O.O=C1CN(C(=O)OCc2ccccc2)CCN1Cc1cc2cnccc2[nH]1. The predicted molar refractivity (Wildman–Crippen MR) is 127 cm³/mol. The summed E-state index contributed by atoms with van der Waals surface area (Å²) in [5.41, 5.74) is 2.55. The van der Waals surface area contributed by atoms with Crippen molar-refractivity contribution in [2.75, 3.05) is 19.6 Å². The number of benzene rings is 1. The van der Waals surface area contributed by atoms with E-state index in [0.717, 1.165) is 22.2 Å². The van der Waals surface area contributed by atoms with Crippen LogP contribution in [0, 0.1) is 0 Å². The van der Waals surface area contributed by atoms with Crippen molar-refractivity contribution in [3.05, 3.63) is 66.1 Å². The summed E-state index contributed by atoms with van der Waals surface area (Å²) in [6.07, 6.45) is 3.06. The Hall–Kier alpha value is -3.88. The van der Waals surface area contributed by atoms with E-state index in [0.29, 0.717) is 26.1 Å². The number of H-pyrrole nitrogens is 1. The third-order valence-corrected chi connectivity index (χ3v) is 5.02. The lowest BCUT2D eigenvalue weighted by molar-refractivity contribution is -0.138. The number of fused-ring (bicyclic) bond motifs is 1. The first-order chi connectivity index (χ1) is 16.2. The first kappa shape index (κ1) is 24.8. The van der Waals surface area contributed by atoms with E-state index < -0.39 is 6.09 Å². The smallest absolute Gasteiger partial charge is 0.410 e. The van der Waals surface area contributed by atoms with E-state index in [-0.39, 0.29) is 24.7 Å². The van der Waals surface area contributed by atoms with Gasteiger partial charge in [0.15, 0.2) is 0 Å². The molecule has 1 aromatic carbocycles. The zero-order chi connectivity index (χ0) is 24.6. The van der Waals surface area contributed by atoms with Crippen molar-refractivity contribution in [2.45, 2.75) is 39.5 Å². The van der Waals surface area contributed by atoms with Crippen LogP contribution in [0.2, 0.25) is 0 Å². The first-order valence-electron chi connectivity index (χ1n) is 11.0. The third kappa shape index (κ3) is 7.33. The monoisotopic (exact) mass is 466 g/mol. The standard InChI is InChI=1S/C20H20N4O3.C5H10O2/c25-19-13-24(20(26)27-14-15-4-2-1-3-5-15)9-8-23(19)12-17-10-16-11-21-7-6-18(16)22-17;1-5(2,3)7-4-6/h1-7,10-11,22H,8-9,12-14H2;4H,1-3H3. The van der Waals surface area contributed by atoms with Gasteiger partial charge in [-0.3, -0.25) is 19.5 Å². The van der Waals surface area contributed by atoms with Gasteiger partial charge in [0.25, 0.3) is 6.47 Å². The highest BCUT2D eigenvalue weighted by Gasteiger charge is 2.28. The molecule has 9 nitrogen and oxygen atoms in total. The van der Waals surface area contributed by atoms with Gasteiger partial charge in [0, 0.05) is 42.1 Å². The highest BCUT2D eigenvalue weighted by molar-refractivity contribution is 5.84. The summed E-state index contributed by atoms with van der Waals surface area (Å²) in [6.45, 7) is 7.59. The van der Waals surface area contributed by atoms with Crippen LogP contribution in [0.15, 0.2) is 54.9 Å². The summed E-state index contributed by atoms with van der Waals surface area (Å²) in [4.78, 5) is 44.9. The molecule has 3 heterocycles. The number of nitrogens with zero attached hydrogens (tertiary/aromatic N) is 3. The Morgan fingerprint density at radius 2 is 1.94 bits per heavy atom. The second-order valence-corrected chi connectivity index (χ2v) is 8.86. The summed E-state index contributed by atoms with van der Waals surface area (Å²) in [6, 6.07) is 13.4. The molecule has 0 aliphatic carbocycles. The van der Waals surface area contributed by atoms with Crippen LogP contribution >= 0.6 is 0 Å². The maximum Gasteiger partial charge on any atom is 0.410 e. The van der Waals surface area contributed by atoms with Crippen LogP contribution in [-0.4, -0.2) is 63.5 Å². The fourth-order valence-corrected chi connectivity index (χ4v) is 3.31. The molecule has 2 aromatic heterocycles. The Balaban J connectivity index is 0.000000406. The minimum Gasteiger partial charge on any atom is -0.462 e. The van der Waals surface area contributed by atoms with E-state index in [1.165, 1.54) is 4.90 Å². The Morgan fingerprint density at radius 1 is 1.18 bits per heavy atom. The predicted octanol–water partition coefficient (Wildman–Crippen LogP) is 3.50. The molecule has 0 saturated carbocycles. The van der Waals surface area contributed by atoms with E-state index in [2.05, 4.69) is 14.7 Å². The van der Waals surface area contributed by atoms with Gasteiger partial charge in [-0.2, -0.15) is 0 Å². The molecule has 1 fully saturated rings. The molecule has 2 amide bonds. The van der Waals surface area contributed by atoms with Gasteiger partial charge in [-0.1, -0.05) is 30.3 Å². The summed E-state index contributed by atoms with van der Waals surface area (Å²) < 4.78 is 9.86. The number of piperazine rings is 1. The van der Waals surface area contributed by atoms with Crippen molar-refractivity contribution in [1.82, 2.24) is 19.8 Å². The topological polar surface area (TPSA) is 105 Å². The Kier molecular flexibility index (Phi) is 8.24. The fourth-order valence-electron chi connectivity index (χ4n) is 3.31. The molecule has 180 valence electrons. The molecule has 1 aliphatic rings. The summed E-state index contributed by atoms with van der Waals surface area (Å²) in [5, 5.41) is 1.02. The van der Waals surface area contributed by atoms with Gasteiger partial charge in [0.1, 0.15) is 18.8 Å². The van der Waals surface area contributed by atoms with E-state index in [9.17, 15) is 14.4 Å². The van der Waals surface area contributed by atoms with Gasteiger partial charge in [0.2, 0.25) is 5.91 Å². The Morgan fingerprint density at radius 3 is 2.56 bits per heavy atom. The molecule has 0 atom stereocenters. The van der Waals surface area contributed by atoms with Crippen LogP contribution in [0.25, 0.3) is 10.9 Å². The summed E-state index contributed by atoms with van der Waals surface area (Å²) in [7, 11) is 0. The van der Waals surface area contributed by atoms with E-state index in [4.69, 9.17) is 4.74 Å². The van der Waals surface area contributed by atoms with Gasteiger partial charge < -0.3 is 19.4 Å². The lowest BCUT2D eigenvalue weighted by Gasteiger charge is -2.33. The number of hydrogen-bond donors (Lipinski definition) is 1. The van der Waals surface area contributed by atoms with Crippen LogP contribution in [-0.2, 0) is 32.2 Å². The average Bonchev–Trinajstić information content (AvgIpc) is 3.21. The van der Waals surface area contributed by atoms with Gasteiger partial charge in [0.05, 0.1) is 6.54 Å². The minimum absolute atomic E-state index is 0.0371. The van der Waals surface area contributed by atoms with Crippen molar-refractivity contribution >= 4 is 29.4 Å². The third-order valence-electron chi connectivity index (χ3n) is 5.02. The molecule has 1 saturated heterocycles. The van der Waals surface area contributed by atoms with Gasteiger partial charge in [-0.05, 0) is 38.5 Å². The molecule has 9 heteroatoms. The number of pyridine rings is 1. The number of carbonyl (C=O) groups is 3. The van der Waals surface area contributed by atoms with Crippen LogP contribution in [0.4, 0.5) is 4.79 Å². The van der Waals surface area contributed by atoms with Crippen molar-refractivity contribution in [3.8, 4) is 0 Å². The molecule has 0 unspecified atom stereocenters. The molecule has 0 spiro atoms. The van der Waals surface area contributed by atoms with Gasteiger partial charge >= 0.3 is 6.09 Å². The number of ether oxygens (including phenoxy) is 2. The average molecular weight is 467 g/mol. The van der Waals surface area contributed by atoms with E-state index in [1.54, 1.807) is 17.3 Å². The molecular weight excluding hydrogens is 436 g/mol. The molecule has 1 N–H and O–H groups in total. The number of nitrogens with one attached hydrogen (secondary N) is 1. The number of aromatic amines is 1. The molecular formula is C25H30N4O5. The lowest BCUT2D eigenvalue weighted by atomic mass is 10.2. The zero-order valence-electron chi connectivity index (χ0n) is 19.7. The molecule has 34 heavy (non-hydrogen) atoms. The Bertz CT molecular complexity index is 1070. The number of carbonyl (C=O) groups excluding carboxylic acids is 3. The molecule has 0 radical (unpaired) electrons. The van der Waals surface area contributed by atoms with Crippen LogP contribution in [0.3, 0.4) is 0 Å². The van der Waals surface area contributed by atoms with E-state index >= 15 is 0 Å². The van der Waals surface area contributed by atoms with Crippen LogP contribution in [0.5, 0.6) is 0 Å². The number of amides is 2. The summed E-state index contributed by atoms with van der Waals surface area (Å²) in [5.74, 6) is -0.0882. The largest absolute Gasteiger partial charge is 0.462 e. The second kappa shape index (κ2) is 11.3. The van der Waals surface area contributed by atoms with Crippen LogP contribution in [0.1, 0.15) is 32.0 Å². The van der Waals surface area contributed by atoms with Crippen molar-refractivity contribution < 1.29 is 23.9 Å². The minimum atomic E-state index is -0.455. The quantitative estimate of drug-likeness (QED) is 0.577. The maximum absolute atomic E-state index is 12.5. The van der Waals surface area contributed by atoms with Crippen molar-refractivity contribution in [3.63, 3.8) is 0 Å². The molecule has 0 bridgehead atoms. The number of aromatic nitrogens is 2. The zero-order valence-corrected chi connectivity index (χ0v) is 19.7. The van der Waals surface area contributed by atoms with Gasteiger partial charge in [-0.15, -0.1) is 0 Å². The van der Waals surface area contributed by atoms with Crippen molar-refractivity contribution in [2.24, 2.45) is 0 Å². The molecule has 3 aromatic rings. The summed E-state index contributed by atoms with van der Waals surface area (Å²) >= 11 is 0. The number of hydrogen-bond acceptors (Lipinski definition) is 6. The Labute approximate surface area is 198 Å². The molecule has 4 rings (SSSR count). The normalized spacial score (nSPS) is 13.8. The number of rotatable bonds is 5. The van der Waals surface area contributed by atoms with Crippen molar-refractivity contribution in [1.29, 1.82) is 0 Å². The highest BCUT2D eigenvalue weighted by atomic mass is 16.6. The fraction of sp³-hybridized carbons (Fsp3) is 0.360.